The van der Waals surface area contributed by atoms with E-state index in [1.807, 2.05) is 0 Å². The van der Waals surface area contributed by atoms with Crippen LogP contribution in [0.1, 0.15) is 0 Å². The van der Waals surface area contributed by atoms with E-state index in [-0.39, 0.29) is 0 Å². The summed E-state index contributed by atoms with van der Waals surface area (Å²) in [5.74, 6) is -4.87. The van der Waals surface area contributed by atoms with E-state index in [0.29, 0.717) is 0 Å². The summed E-state index contributed by atoms with van der Waals surface area (Å²) in [6.07, 6.45) is 0. The molecule has 1 aliphatic rings. The number of hydrogen-bond donors (Lipinski definition) is 3. The molecule has 1 aliphatic heterocycles. The second-order valence-corrected chi connectivity index (χ2v) is 4.12. The van der Waals surface area contributed by atoms with Crippen molar-refractivity contribution in [1.29, 1.82) is 0 Å². The van der Waals surface area contributed by atoms with Crippen LogP contribution in [0.15, 0.2) is 10.8 Å². The van der Waals surface area contributed by atoms with Crippen LogP contribution in [-0.4, -0.2) is 32.0 Å². The highest BCUT2D eigenvalue weighted by atomic mass is 32.2. The van der Waals surface area contributed by atoms with Gasteiger partial charge >= 0.3 is 11.9 Å². The smallest absolute Gasteiger partial charge is 0.399 e. The lowest BCUT2D eigenvalue weighted by Crippen LogP contribution is -2.40. The molecule has 0 unspecified atom stereocenters. The third-order valence-corrected chi connectivity index (χ3v) is 2.97. The zero-order chi connectivity index (χ0) is 9.19. The van der Waals surface area contributed by atoms with E-state index < -0.39 is 16.7 Å². The molecule has 12 heavy (non-hydrogen) atoms. The van der Waals surface area contributed by atoms with Gasteiger partial charge in [0.1, 0.15) is 0 Å². The van der Waals surface area contributed by atoms with Crippen LogP contribution < -0.4 is 0 Å². The molecule has 68 valence electrons. The molecule has 0 aliphatic carbocycles. The fourth-order valence-corrected chi connectivity index (χ4v) is 2.14. The number of hydrogen-bond acceptors (Lipinski definition) is 7. The SMILES string of the molecule is O=C(OC1SC=CS1)C(O)(O)O. The largest absolute Gasteiger partial charge is 0.434 e. The van der Waals surface area contributed by atoms with Gasteiger partial charge in [-0.05, 0) is 10.8 Å². The van der Waals surface area contributed by atoms with Gasteiger partial charge in [-0.25, -0.2) is 4.79 Å². The highest BCUT2D eigenvalue weighted by molar-refractivity contribution is 8.22. The Morgan fingerprint density at radius 2 is 1.83 bits per heavy atom. The molecule has 0 aromatic rings. The van der Waals surface area contributed by atoms with E-state index in [1.165, 1.54) is 23.5 Å². The summed E-state index contributed by atoms with van der Waals surface area (Å²) in [6, 6.07) is 0. The molecule has 7 heteroatoms. The molecule has 1 rings (SSSR count). The predicted molar refractivity (Wildman–Crippen MR) is 43.6 cm³/mol. The minimum absolute atomic E-state index is 0.552. The van der Waals surface area contributed by atoms with Gasteiger partial charge in [-0.2, -0.15) is 0 Å². The number of carbonyl (C=O) groups excluding carboxylic acids is 1. The Hall–Kier alpha value is -0.210. The normalized spacial score (nSPS) is 18.2. The fourth-order valence-electron chi connectivity index (χ4n) is 0.447. The highest BCUT2D eigenvalue weighted by Gasteiger charge is 2.35. The third kappa shape index (κ3) is 2.68. The predicted octanol–water partition coefficient (Wildman–Crippen LogP) is -0.605. The standard InChI is InChI=1S/C5H6O5S2/c6-3(5(7,8)9)10-4-11-1-2-12-4/h1-2,4,7-9H. The number of ether oxygens (including phenoxy) is 1. The molecule has 3 N–H and O–H groups in total. The van der Waals surface area contributed by atoms with Crippen molar-refractivity contribution in [3.05, 3.63) is 10.8 Å². The van der Waals surface area contributed by atoms with Gasteiger partial charge in [0.05, 0.1) is 0 Å². The number of thioether (sulfide) groups is 2. The Kier molecular flexibility index (Phi) is 3.02. The summed E-state index contributed by atoms with van der Waals surface area (Å²) in [7, 11) is 0. The molecule has 0 aromatic carbocycles. The highest BCUT2D eigenvalue weighted by Crippen LogP contribution is 2.34. The van der Waals surface area contributed by atoms with Gasteiger partial charge in [0.2, 0.25) is 4.77 Å². The molecule has 1 heterocycles. The maximum Gasteiger partial charge on any atom is 0.399 e. The molecule has 0 amide bonds. The minimum atomic E-state index is -3.40. The molecule has 5 nitrogen and oxygen atoms in total. The number of aliphatic hydroxyl groups is 3. The molecule has 0 radical (unpaired) electrons. The minimum Gasteiger partial charge on any atom is -0.434 e. The average molecular weight is 210 g/mol. The maximum absolute atomic E-state index is 10.6. The van der Waals surface area contributed by atoms with Crippen LogP contribution >= 0.6 is 23.5 Å². The lowest BCUT2D eigenvalue weighted by molar-refractivity contribution is -0.302. The molecular weight excluding hydrogens is 204 g/mol. The summed E-state index contributed by atoms with van der Waals surface area (Å²) < 4.78 is 3.90. The molecule has 0 fully saturated rings. The van der Waals surface area contributed by atoms with E-state index in [2.05, 4.69) is 4.74 Å². The quantitative estimate of drug-likeness (QED) is 0.414. The van der Waals surface area contributed by atoms with Gasteiger partial charge < -0.3 is 20.1 Å². The van der Waals surface area contributed by atoms with Crippen molar-refractivity contribution >= 4 is 29.5 Å². The fraction of sp³-hybridized carbons (Fsp3) is 0.400. The Balaban J connectivity index is 2.36. The van der Waals surface area contributed by atoms with Crippen molar-refractivity contribution in [3.8, 4) is 0 Å². The first-order valence-corrected chi connectivity index (χ1v) is 4.73. The van der Waals surface area contributed by atoms with Crippen molar-refractivity contribution in [2.24, 2.45) is 0 Å². The van der Waals surface area contributed by atoms with Crippen LogP contribution in [0.2, 0.25) is 0 Å². The first-order chi connectivity index (χ1) is 5.50. The lowest BCUT2D eigenvalue weighted by Gasteiger charge is -2.15. The van der Waals surface area contributed by atoms with Crippen LogP contribution in [0, 0.1) is 0 Å². The second-order valence-electron chi connectivity index (χ2n) is 1.87. The van der Waals surface area contributed by atoms with Crippen molar-refractivity contribution < 1.29 is 24.9 Å². The third-order valence-electron chi connectivity index (χ3n) is 0.912. The zero-order valence-electron chi connectivity index (χ0n) is 5.71. The first-order valence-electron chi connectivity index (χ1n) is 2.84. The molecule has 0 aromatic heterocycles. The molecule has 0 spiro atoms. The zero-order valence-corrected chi connectivity index (χ0v) is 7.34. The van der Waals surface area contributed by atoms with Gasteiger partial charge in [0, 0.05) is 0 Å². The van der Waals surface area contributed by atoms with Crippen LogP contribution in [0.5, 0.6) is 0 Å². The van der Waals surface area contributed by atoms with E-state index in [1.54, 1.807) is 10.8 Å². The lowest BCUT2D eigenvalue weighted by atomic mass is 10.6. The number of carbonyl (C=O) groups is 1. The van der Waals surface area contributed by atoms with E-state index in [0.717, 1.165) is 0 Å². The average Bonchev–Trinajstić information content (AvgIpc) is 2.37. The van der Waals surface area contributed by atoms with Crippen molar-refractivity contribution in [2.45, 2.75) is 10.7 Å². The van der Waals surface area contributed by atoms with Crippen LogP contribution in [0.3, 0.4) is 0 Å². The van der Waals surface area contributed by atoms with E-state index >= 15 is 0 Å². The Morgan fingerprint density at radius 3 is 2.25 bits per heavy atom. The van der Waals surface area contributed by atoms with Gasteiger partial charge in [-0.3, -0.25) is 0 Å². The molecule has 0 atom stereocenters. The van der Waals surface area contributed by atoms with Crippen LogP contribution in [0.4, 0.5) is 0 Å². The molecule has 0 saturated heterocycles. The molecule has 0 saturated carbocycles. The number of rotatable bonds is 2. The summed E-state index contributed by atoms with van der Waals surface area (Å²) in [5, 5.41) is 28.4. The van der Waals surface area contributed by atoms with Crippen LogP contribution in [-0.2, 0) is 9.53 Å². The van der Waals surface area contributed by atoms with Gasteiger partial charge in [-0.15, -0.1) is 0 Å². The molecular formula is C5H6O5S2. The Morgan fingerprint density at radius 1 is 1.33 bits per heavy atom. The summed E-state index contributed by atoms with van der Waals surface area (Å²) in [5.41, 5.74) is 0. The maximum atomic E-state index is 10.6. The number of esters is 1. The summed E-state index contributed by atoms with van der Waals surface area (Å²) >= 11 is 2.39. The first kappa shape index (κ1) is 9.87. The summed E-state index contributed by atoms with van der Waals surface area (Å²) in [4.78, 5) is 10.6. The van der Waals surface area contributed by atoms with Gasteiger partial charge in [0.15, 0.2) is 0 Å². The van der Waals surface area contributed by atoms with E-state index in [4.69, 9.17) is 15.3 Å². The van der Waals surface area contributed by atoms with Crippen molar-refractivity contribution in [2.75, 3.05) is 0 Å². The van der Waals surface area contributed by atoms with Gasteiger partial charge in [-0.1, -0.05) is 23.5 Å². The van der Waals surface area contributed by atoms with E-state index in [9.17, 15) is 4.79 Å². The van der Waals surface area contributed by atoms with Crippen molar-refractivity contribution in [3.63, 3.8) is 0 Å². The second kappa shape index (κ2) is 3.67. The Bertz CT molecular complexity index is 200. The topological polar surface area (TPSA) is 87.0 Å². The summed E-state index contributed by atoms with van der Waals surface area (Å²) in [6.45, 7) is 0. The monoisotopic (exact) mass is 210 g/mol. The molecule has 0 bridgehead atoms. The van der Waals surface area contributed by atoms with Gasteiger partial charge in [0.25, 0.3) is 0 Å². The Labute approximate surface area is 76.4 Å². The van der Waals surface area contributed by atoms with Crippen molar-refractivity contribution in [1.82, 2.24) is 0 Å². The van der Waals surface area contributed by atoms with Crippen LogP contribution in [0.25, 0.3) is 0 Å².